The molecular formula is C48H28N6S. The molecule has 0 N–H and O–H groups in total. The largest absolute Gasteiger partial charge is 0.283 e. The molecule has 55 heavy (non-hydrogen) atoms. The van der Waals surface area contributed by atoms with Crippen LogP contribution in [0.4, 0.5) is 0 Å². The summed E-state index contributed by atoms with van der Waals surface area (Å²) in [5.41, 5.74) is 7.10. The lowest BCUT2D eigenvalue weighted by Crippen LogP contribution is -2.07. The number of rotatable bonds is 4. The summed E-state index contributed by atoms with van der Waals surface area (Å²) in [6.07, 6.45) is 0. The van der Waals surface area contributed by atoms with Crippen molar-refractivity contribution in [1.29, 1.82) is 0 Å². The van der Waals surface area contributed by atoms with Gasteiger partial charge in [0.2, 0.25) is 5.95 Å². The highest BCUT2D eigenvalue weighted by Gasteiger charge is 2.25. The summed E-state index contributed by atoms with van der Waals surface area (Å²) in [4.78, 5) is 21.3. The maximum Gasteiger partial charge on any atom is 0.238 e. The Balaban J connectivity index is 1.25. The molecule has 0 saturated heterocycles. The van der Waals surface area contributed by atoms with Crippen molar-refractivity contribution in [3.05, 3.63) is 170 Å². The van der Waals surface area contributed by atoms with Crippen LogP contribution in [0.2, 0.25) is 0 Å². The number of aromatic nitrogens is 6. The second-order valence-electron chi connectivity index (χ2n) is 13.9. The summed E-state index contributed by atoms with van der Waals surface area (Å²) in [6, 6.07) is 59.6. The third kappa shape index (κ3) is 4.48. The lowest BCUT2D eigenvalue weighted by atomic mass is 10.0. The fourth-order valence-electron chi connectivity index (χ4n) is 8.41. The van der Waals surface area contributed by atoms with E-state index >= 15 is 0 Å². The Bertz CT molecular complexity index is 3380. The Morgan fingerprint density at radius 3 is 1.47 bits per heavy atom. The van der Waals surface area contributed by atoms with Gasteiger partial charge in [-0.1, -0.05) is 157 Å². The third-order valence-electron chi connectivity index (χ3n) is 10.8. The molecule has 0 aliphatic heterocycles. The van der Waals surface area contributed by atoms with Crippen molar-refractivity contribution < 1.29 is 0 Å². The highest BCUT2D eigenvalue weighted by atomic mass is 32.1. The summed E-state index contributed by atoms with van der Waals surface area (Å²) in [5.74, 6) is 1.80. The summed E-state index contributed by atoms with van der Waals surface area (Å²) in [6.45, 7) is 0. The van der Waals surface area contributed by atoms with Gasteiger partial charge < -0.3 is 0 Å². The van der Waals surface area contributed by atoms with E-state index in [9.17, 15) is 0 Å². The summed E-state index contributed by atoms with van der Waals surface area (Å²) >= 11 is 1.70. The van der Waals surface area contributed by atoms with E-state index in [1.807, 2.05) is 0 Å². The third-order valence-corrected chi connectivity index (χ3v) is 11.8. The van der Waals surface area contributed by atoms with E-state index in [-0.39, 0.29) is 0 Å². The molecule has 0 unspecified atom stereocenters. The second-order valence-corrected chi connectivity index (χ2v) is 14.9. The van der Waals surface area contributed by atoms with Gasteiger partial charge in [-0.2, -0.15) is 9.97 Å². The molecule has 0 radical (unpaired) electrons. The van der Waals surface area contributed by atoms with Gasteiger partial charge in [-0.05, 0) is 45.8 Å². The summed E-state index contributed by atoms with van der Waals surface area (Å²) < 4.78 is 5.74. The van der Waals surface area contributed by atoms with E-state index in [2.05, 4.69) is 179 Å². The minimum absolute atomic E-state index is 0.556. The van der Waals surface area contributed by atoms with Crippen molar-refractivity contribution in [3.63, 3.8) is 0 Å². The highest BCUT2D eigenvalue weighted by molar-refractivity contribution is 7.20. The molecule has 0 spiro atoms. The maximum absolute atomic E-state index is 5.42. The Hall–Kier alpha value is -7.22. The van der Waals surface area contributed by atoms with Crippen LogP contribution in [-0.4, -0.2) is 29.1 Å². The Morgan fingerprint density at radius 1 is 0.364 bits per heavy atom. The molecule has 8 aromatic carbocycles. The lowest BCUT2D eigenvalue weighted by molar-refractivity contribution is 0.955. The fourth-order valence-corrected chi connectivity index (χ4v) is 9.40. The highest BCUT2D eigenvalue weighted by Crippen LogP contribution is 2.43. The SMILES string of the molecule is c1ccc2c(-c3nc(-c4cccc5ccccc45)nc(-n4c5ccccc5c5ccc6c7ccccc7n(-c7nc8ccccc8s7)c6c54)n3)cccc2c1. The summed E-state index contributed by atoms with van der Waals surface area (Å²) in [5, 5.41) is 9.91. The van der Waals surface area contributed by atoms with Crippen molar-refractivity contribution in [3.8, 4) is 33.9 Å². The fraction of sp³-hybridized carbons (Fsp3) is 0. The molecule has 6 nitrogen and oxygen atoms in total. The minimum Gasteiger partial charge on any atom is -0.283 e. The lowest BCUT2D eigenvalue weighted by Gasteiger charge is -2.14. The number of nitrogens with zero attached hydrogens (tertiary/aromatic N) is 6. The van der Waals surface area contributed by atoms with Crippen LogP contribution in [0.15, 0.2) is 170 Å². The molecule has 256 valence electrons. The number of hydrogen-bond acceptors (Lipinski definition) is 5. The van der Waals surface area contributed by atoms with Gasteiger partial charge in [-0.25, -0.2) is 9.97 Å². The van der Waals surface area contributed by atoms with Crippen molar-refractivity contribution in [2.75, 3.05) is 0 Å². The first kappa shape index (κ1) is 30.3. The van der Waals surface area contributed by atoms with Crippen LogP contribution >= 0.6 is 11.3 Å². The van der Waals surface area contributed by atoms with Crippen LogP contribution < -0.4 is 0 Å². The first-order valence-corrected chi connectivity index (χ1v) is 19.1. The van der Waals surface area contributed by atoms with Crippen molar-refractivity contribution in [2.24, 2.45) is 0 Å². The number of para-hydroxylation sites is 3. The van der Waals surface area contributed by atoms with E-state index in [4.69, 9.17) is 19.9 Å². The van der Waals surface area contributed by atoms with Gasteiger partial charge in [0, 0.05) is 32.7 Å². The minimum atomic E-state index is 0.556. The molecule has 0 atom stereocenters. The zero-order chi connectivity index (χ0) is 36.0. The first-order valence-electron chi connectivity index (χ1n) is 18.3. The smallest absolute Gasteiger partial charge is 0.238 e. The zero-order valence-electron chi connectivity index (χ0n) is 29.3. The van der Waals surface area contributed by atoms with Crippen LogP contribution in [0.1, 0.15) is 0 Å². The van der Waals surface area contributed by atoms with Crippen LogP contribution in [0, 0.1) is 0 Å². The number of fused-ring (bicyclic) bond motifs is 10. The number of thiazole rings is 1. The predicted molar refractivity (Wildman–Crippen MR) is 228 cm³/mol. The van der Waals surface area contributed by atoms with Crippen LogP contribution in [0.5, 0.6) is 0 Å². The molecule has 12 rings (SSSR count). The van der Waals surface area contributed by atoms with Crippen LogP contribution in [0.3, 0.4) is 0 Å². The molecule has 12 aromatic rings. The predicted octanol–water partition coefficient (Wildman–Crippen LogP) is 12.3. The Kier molecular flexibility index (Phi) is 6.40. The molecule has 0 aliphatic rings. The van der Waals surface area contributed by atoms with E-state index in [1.165, 1.54) is 5.39 Å². The van der Waals surface area contributed by atoms with Crippen LogP contribution in [-0.2, 0) is 0 Å². The molecule has 0 fully saturated rings. The van der Waals surface area contributed by atoms with Gasteiger partial charge in [0.1, 0.15) is 0 Å². The van der Waals surface area contributed by atoms with Gasteiger partial charge >= 0.3 is 0 Å². The Labute approximate surface area is 318 Å². The normalized spacial score (nSPS) is 12.0. The van der Waals surface area contributed by atoms with Gasteiger partial charge in [0.25, 0.3) is 0 Å². The van der Waals surface area contributed by atoms with E-state index < -0.39 is 0 Å². The number of hydrogen-bond donors (Lipinski definition) is 0. The molecule has 4 heterocycles. The summed E-state index contributed by atoms with van der Waals surface area (Å²) in [7, 11) is 0. The standard InChI is InChI=1S/C48H28N6S/c1-3-17-31-29(13-1)15-11-21-37(31)45-50-46(38-22-12-16-30-14-2-4-18-32(30)38)52-47(51-45)53-40-24-8-5-19-33(40)35-27-28-36-34-20-6-9-25-41(34)54(44(36)43(35)53)48-49-39-23-7-10-26-42(39)55-48/h1-28H. The average molecular weight is 721 g/mol. The monoisotopic (exact) mass is 720 g/mol. The second kappa shape index (κ2) is 11.6. The Morgan fingerprint density at radius 2 is 0.855 bits per heavy atom. The molecule has 0 amide bonds. The molecule has 4 aromatic heterocycles. The van der Waals surface area contributed by atoms with Crippen molar-refractivity contribution >= 4 is 86.7 Å². The van der Waals surface area contributed by atoms with Gasteiger partial charge in [-0.15, -0.1) is 0 Å². The maximum atomic E-state index is 5.42. The molecule has 7 heteroatoms. The molecule has 0 saturated carbocycles. The van der Waals surface area contributed by atoms with Gasteiger partial charge in [0.15, 0.2) is 16.8 Å². The molecule has 0 bridgehead atoms. The van der Waals surface area contributed by atoms with Crippen molar-refractivity contribution in [1.82, 2.24) is 29.1 Å². The topological polar surface area (TPSA) is 61.4 Å². The molecule has 0 aliphatic carbocycles. The van der Waals surface area contributed by atoms with Crippen LogP contribution in [0.25, 0.3) is 109 Å². The van der Waals surface area contributed by atoms with E-state index in [0.29, 0.717) is 17.6 Å². The first-order chi connectivity index (χ1) is 27.3. The average Bonchev–Trinajstić information content (AvgIpc) is 3.93. The van der Waals surface area contributed by atoms with Gasteiger partial charge in [-0.3, -0.25) is 9.13 Å². The molecular weight excluding hydrogens is 693 g/mol. The number of benzene rings is 8. The quantitative estimate of drug-likeness (QED) is 0.182. The van der Waals surface area contributed by atoms with Gasteiger partial charge in [0.05, 0.1) is 32.3 Å². The zero-order valence-corrected chi connectivity index (χ0v) is 30.1. The van der Waals surface area contributed by atoms with E-state index in [0.717, 1.165) is 86.2 Å². The van der Waals surface area contributed by atoms with Crippen molar-refractivity contribution in [2.45, 2.75) is 0 Å². The van der Waals surface area contributed by atoms with E-state index in [1.54, 1.807) is 11.3 Å².